The maximum absolute atomic E-state index is 13.7. The van der Waals surface area contributed by atoms with Crippen LogP contribution in [0.15, 0.2) is 18.2 Å². The molecule has 20 heavy (non-hydrogen) atoms. The quantitative estimate of drug-likeness (QED) is 0.805. The number of benzene rings is 1. The average molecular weight is 291 g/mol. The van der Waals surface area contributed by atoms with Gasteiger partial charge in [-0.25, -0.2) is 14.2 Å². The first-order chi connectivity index (χ1) is 9.60. The van der Waals surface area contributed by atoms with Crippen molar-refractivity contribution in [2.45, 2.75) is 25.7 Å². The lowest BCUT2D eigenvalue weighted by Crippen LogP contribution is -2.03. The number of methoxy groups -OCH3 is 1. The van der Waals surface area contributed by atoms with Gasteiger partial charge in [-0.15, -0.1) is 11.3 Å². The van der Waals surface area contributed by atoms with Gasteiger partial charge in [-0.1, -0.05) is 12.1 Å². The van der Waals surface area contributed by atoms with Gasteiger partial charge in [-0.2, -0.15) is 0 Å². The number of hydrogen-bond donors (Lipinski definition) is 0. The number of ether oxygens (including phenoxy) is 1. The van der Waals surface area contributed by atoms with Crippen LogP contribution in [0.5, 0.6) is 0 Å². The van der Waals surface area contributed by atoms with E-state index in [9.17, 15) is 9.18 Å². The number of esters is 1. The highest BCUT2D eigenvalue weighted by molar-refractivity contribution is 7.15. The van der Waals surface area contributed by atoms with Crippen molar-refractivity contribution in [1.82, 2.24) is 4.98 Å². The summed E-state index contributed by atoms with van der Waals surface area (Å²) < 4.78 is 18.5. The van der Waals surface area contributed by atoms with E-state index in [2.05, 4.69) is 4.98 Å². The Morgan fingerprint density at radius 3 is 2.80 bits per heavy atom. The van der Waals surface area contributed by atoms with Gasteiger partial charge >= 0.3 is 5.97 Å². The summed E-state index contributed by atoms with van der Waals surface area (Å²) in [6, 6.07) is 4.98. The molecule has 0 aliphatic heterocycles. The van der Waals surface area contributed by atoms with E-state index in [4.69, 9.17) is 4.74 Å². The van der Waals surface area contributed by atoms with Crippen LogP contribution in [-0.2, 0) is 4.74 Å². The summed E-state index contributed by atoms with van der Waals surface area (Å²) in [6.07, 6.45) is 2.21. The summed E-state index contributed by atoms with van der Waals surface area (Å²) in [6.45, 7) is 1.71. The fourth-order valence-corrected chi connectivity index (χ4v) is 3.23. The molecule has 2 aromatic rings. The van der Waals surface area contributed by atoms with Gasteiger partial charge in [0.25, 0.3) is 0 Å². The van der Waals surface area contributed by atoms with E-state index < -0.39 is 5.97 Å². The summed E-state index contributed by atoms with van der Waals surface area (Å²) in [5.41, 5.74) is 1.56. The van der Waals surface area contributed by atoms with Gasteiger partial charge in [0.05, 0.1) is 17.0 Å². The Hall–Kier alpha value is -1.75. The zero-order valence-corrected chi connectivity index (χ0v) is 12.1. The van der Waals surface area contributed by atoms with Gasteiger partial charge in [0.1, 0.15) is 5.82 Å². The Labute approximate surface area is 120 Å². The van der Waals surface area contributed by atoms with Gasteiger partial charge < -0.3 is 4.74 Å². The Morgan fingerprint density at radius 2 is 2.20 bits per heavy atom. The van der Waals surface area contributed by atoms with E-state index in [1.54, 1.807) is 13.0 Å². The van der Waals surface area contributed by atoms with Crippen LogP contribution in [-0.4, -0.2) is 18.1 Å². The van der Waals surface area contributed by atoms with Crippen molar-refractivity contribution in [2.24, 2.45) is 0 Å². The van der Waals surface area contributed by atoms with Crippen molar-refractivity contribution in [1.29, 1.82) is 0 Å². The molecule has 104 valence electrons. The predicted molar refractivity (Wildman–Crippen MR) is 75.6 cm³/mol. The first-order valence-corrected chi connectivity index (χ1v) is 7.27. The van der Waals surface area contributed by atoms with Crippen molar-refractivity contribution >= 4 is 17.3 Å². The zero-order valence-electron chi connectivity index (χ0n) is 11.3. The van der Waals surface area contributed by atoms with Crippen molar-refractivity contribution in [3.05, 3.63) is 40.3 Å². The molecule has 0 N–H and O–H groups in total. The van der Waals surface area contributed by atoms with E-state index >= 15 is 0 Å². The van der Waals surface area contributed by atoms with E-state index in [0.29, 0.717) is 27.6 Å². The molecule has 0 amide bonds. The fourth-order valence-electron chi connectivity index (χ4n) is 2.01. The molecule has 0 radical (unpaired) electrons. The van der Waals surface area contributed by atoms with E-state index in [1.165, 1.54) is 24.5 Å². The molecule has 0 saturated heterocycles. The smallest absolute Gasteiger partial charge is 0.358 e. The number of carbonyl (C=O) groups is 1. The maximum Gasteiger partial charge on any atom is 0.358 e. The number of rotatable bonds is 3. The second kappa shape index (κ2) is 4.98. The molecule has 1 aromatic heterocycles. The molecular formula is C15H14FNO2S. The molecule has 0 atom stereocenters. The molecule has 1 aromatic carbocycles. The van der Waals surface area contributed by atoms with Crippen LogP contribution >= 0.6 is 11.3 Å². The maximum atomic E-state index is 13.7. The third-order valence-electron chi connectivity index (χ3n) is 3.38. The van der Waals surface area contributed by atoms with Gasteiger partial charge in [0, 0.05) is 5.92 Å². The van der Waals surface area contributed by atoms with Crippen molar-refractivity contribution in [3.8, 4) is 10.4 Å². The molecule has 0 unspecified atom stereocenters. The third kappa shape index (κ3) is 2.33. The lowest BCUT2D eigenvalue weighted by molar-refractivity contribution is 0.0595. The summed E-state index contributed by atoms with van der Waals surface area (Å²) >= 11 is 1.46. The van der Waals surface area contributed by atoms with Gasteiger partial charge in [0.15, 0.2) is 5.69 Å². The van der Waals surface area contributed by atoms with Crippen LogP contribution in [0.4, 0.5) is 4.39 Å². The van der Waals surface area contributed by atoms with Crippen molar-refractivity contribution in [2.75, 3.05) is 7.11 Å². The monoisotopic (exact) mass is 291 g/mol. The lowest BCUT2D eigenvalue weighted by atomic mass is 10.1. The summed E-state index contributed by atoms with van der Waals surface area (Å²) in [7, 11) is 1.33. The molecule has 1 heterocycles. The summed E-state index contributed by atoms with van der Waals surface area (Å²) in [4.78, 5) is 16.9. The van der Waals surface area contributed by atoms with Crippen LogP contribution in [0.1, 0.15) is 39.8 Å². The standard InChI is InChI=1S/C15H14FNO2S/c1-8-3-4-10(7-11(8)16)13-12(15(18)19-2)17-14(20-13)9-5-6-9/h3-4,7,9H,5-6H2,1-2H3. The normalized spacial score (nSPS) is 14.3. The number of hydrogen-bond acceptors (Lipinski definition) is 4. The molecule has 1 aliphatic carbocycles. The van der Waals surface area contributed by atoms with Gasteiger partial charge in [-0.3, -0.25) is 0 Å². The number of thiazole rings is 1. The first kappa shape index (κ1) is 13.2. The number of aryl methyl sites for hydroxylation is 1. The topological polar surface area (TPSA) is 39.2 Å². The Kier molecular flexibility index (Phi) is 3.30. The molecule has 1 fully saturated rings. The van der Waals surface area contributed by atoms with Crippen LogP contribution in [0, 0.1) is 12.7 Å². The minimum atomic E-state index is -0.468. The Balaban J connectivity index is 2.10. The number of halogens is 1. The third-order valence-corrected chi connectivity index (χ3v) is 4.65. The largest absolute Gasteiger partial charge is 0.464 e. The highest BCUT2D eigenvalue weighted by Crippen LogP contribution is 2.45. The number of nitrogens with zero attached hydrogens (tertiary/aromatic N) is 1. The first-order valence-electron chi connectivity index (χ1n) is 6.45. The molecular weight excluding hydrogens is 277 g/mol. The van der Waals surface area contributed by atoms with Crippen LogP contribution in [0.3, 0.4) is 0 Å². The minimum absolute atomic E-state index is 0.278. The average Bonchev–Trinajstić information content (AvgIpc) is 3.20. The molecule has 3 rings (SSSR count). The second-order valence-electron chi connectivity index (χ2n) is 4.96. The van der Waals surface area contributed by atoms with Gasteiger partial charge in [0.2, 0.25) is 0 Å². The summed E-state index contributed by atoms with van der Waals surface area (Å²) in [5.74, 6) is -0.295. The van der Waals surface area contributed by atoms with Crippen LogP contribution in [0.25, 0.3) is 10.4 Å². The minimum Gasteiger partial charge on any atom is -0.464 e. The zero-order chi connectivity index (χ0) is 14.3. The fraction of sp³-hybridized carbons (Fsp3) is 0.333. The highest BCUT2D eigenvalue weighted by Gasteiger charge is 2.30. The van der Waals surface area contributed by atoms with E-state index in [-0.39, 0.29) is 5.82 Å². The lowest BCUT2D eigenvalue weighted by Gasteiger charge is -2.02. The highest BCUT2D eigenvalue weighted by atomic mass is 32.1. The number of aromatic nitrogens is 1. The number of carbonyl (C=O) groups excluding carboxylic acids is 1. The molecule has 0 bridgehead atoms. The summed E-state index contributed by atoms with van der Waals surface area (Å²) in [5, 5.41) is 0.946. The SMILES string of the molecule is COC(=O)c1nc(C2CC2)sc1-c1ccc(C)c(F)c1. The van der Waals surface area contributed by atoms with Crippen molar-refractivity contribution in [3.63, 3.8) is 0 Å². The molecule has 1 aliphatic rings. The van der Waals surface area contributed by atoms with Gasteiger partial charge in [-0.05, 0) is 37.0 Å². The van der Waals surface area contributed by atoms with Crippen LogP contribution < -0.4 is 0 Å². The molecule has 1 saturated carbocycles. The second-order valence-corrected chi connectivity index (χ2v) is 5.99. The van der Waals surface area contributed by atoms with Crippen molar-refractivity contribution < 1.29 is 13.9 Å². The molecule has 5 heteroatoms. The molecule has 3 nitrogen and oxygen atoms in total. The predicted octanol–water partition coefficient (Wildman–Crippen LogP) is 3.92. The molecule has 0 spiro atoms. The van der Waals surface area contributed by atoms with Crippen LogP contribution in [0.2, 0.25) is 0 Å². The Bertz CT molecular complexity index is 677. The van der Waals surface area contributed by atoms with E-state index in [0.717, 1.165) is 17.8 Å². The van der Waals surface area contributed by atoms with E-state index in [1.807, 2.05) is 6.07 Å². The Morgan fingerprint density at radius 1 is 1.45 bits per heavy atom.